The van der Waals surface area contributed by atoms with Crippen molar-refractivity contribution in [2.75, 3.05) is 5.32 Å². The van der Waals surface area contributed by atoms with Crippen LogP contribution < -0.4 is 10.6 Å². The molecule has 0 bridgehead atoms. The monoisotopic (exact) mass is 400 g/mol. The number of amides is 1. The van der Waals surface area contributed by atoms with Crippen LogP contribution in [-0.4, -0.2) is 21.9 Å². The minimum Gasteiger partial charge on any atom is -0.349 e. The lowest BCUT2D eigenvalue weighted by Crippen LogP contribution is -2.32. The van der Waals surface area contributed by atoms with Gasteiger partial charge >= 0.3 is 0 Å². The number of thiazole rings is 1. The highest BCUT2D eigenvalue weighted by molar-refractivity contribution is 7.17. The molecule has 0 saturated carbocycles. The Balaban J connectivity index is 1.57. The molecule has 3 aromatic rings. The van der Waals surface area contributed by atoms with E-state index in [1.54, 1.807) is 18.3 Å². The third-order valence-corrected chi connectivity index (χ3v) is 5.35. The summed E-state index contributed by atoms with van der Waals surface area (Å²) in [7, 11) is 0. The number of carbonyl (C=O) groups excluding carboxylic acids is 1. The van der Waals surface area contributed by atoms with E-state index in [4.69, 9.17) is 11.6 Å². The number of rotatable bonds is 7. The van der Waals surface area contributed by atoms with Crippen LogP contribution in [0.1, 0.15) is 34.3 Å². The highest BCUT2D eigenvalue weighted by Crippen LogP contribution is 2.25. The Labute approximate surface area is 167 Å². The molecule has 0 aliphatic heterocycles. The molecular formula is C20H21ClN4OS. The van der Waals surface area contributed by atoms with E-state index in [0.29, 0.717) is 26.5 Å². The van der Waals surface area contributed by atoms with Gasteiger partial charge in [0, 0.05) is 12.2 Å². The molecule has 140 valence electrons. The lowest BCUT2D eigenvalue weighted by atomic mass is 10.1. The quantitative estimate of drug-likeness (QED) is 0.586. The Morgan fingerprint density at radius 2 is 2.00 bits per heavy atom. The lowest BCUT2D eigenvalue weighted by molar-refractivity contribution is 0.0942. The molecule has 1 atom stereocenters. The molecule has 1 amide bonds. The number of nitrogens with one attached hydrogen (secondary N) is 2. The second-order valence-corrected chi connectivity index (χ2v) is 7.75. The molecule has 0 saturated heterocycles. The molecule has 3 rings (SSSR count). The summed E-state index contributed by atoms with van der Waals surface area (Å²) in [6.45, 7) is 3.86. The van der Waals surface area contributed by atoms with Gasteiger partial charge in [-0.1, -0.05) is 53.3 Å². The van der Waals surface area contributed by atoms with Crippen molar-refractivity contribution in [3.63, 3.8) is 0 Å². The number of nitrogens with zero attached hydrogens (tertiary/aromatic N) is 2. The molecule has 0 radical (unpaired) electrons. The fourth-order valence-corrected chi connectivity index (χ4v) is 3.60. The SMILES string of the molecule is Cc1nc(Nc2ccc(Cl)cn2)sc1C(=O)NC(C)CCc1ccccc1. The first kappa shape index (κ1) is 19.3. The van der Waals surface area contributed by atoms with Crippen molar-refractivity contribution in [1.82, 2.24) is 15.3 Å². The topological polar surface area (TPSA) is 66.9 Å². The van der Waals surface area contributed by atoms with Gasteiger partial charge < -0.3 is 10.6 Å². The molecule has 2 aromatic heterocycles. The van der Waals surface area contributed by atoms with Crippen LogP contribution >= 0.6 is 22.9 Å². The smallest absolute Gasteiger partial charge is 0.263 e. The predicted molar refractivity (Wildman–Crippen MR) is 111 cm³/mol. The van der Waals surface area contributed by atoms with Crippen LogP contribution in [0.3, 0.4) is 0 Å². The van der Waals surface area contributed by atoms with E-state index in [-0.39, 0.29) is 11.9 Å². The van der Waals surface area contributed by atoms with Gasteiger partial charge in [0.2, 0.25) is 0 Å². The largest absolute Gasteiger partial charge is 0.349 e. The first-order chi connectivity index (χ1) is 13.0. The van der Waals surface area contributed by atoms with Gasteiger partial charge in [-0.05, 0) is 44.4 Å². The fourth-order valence-electron chi connectivity index (χ4n) is 2.61. The van der Waals surface area contributed by atoms with Gasteiger partial charge in [-0.2, -0.15) is 0 Å². The second-order valence-electron chi connectivity index (χ2n) is 6.32. The normalized spacial score (nSPS) is 11.8. The molecular weight excluding hydrogens is 380 g/mol. The van der Waals surface area contributed by atoms with Gasteiger partial charge in [0.25, 0.3) is 5.91 Å². The number of pyridine rings is 1. The van der Waals surface area contributed by atoms with Crippen molar-refractivity contribution in [1.29, 1.82) is 0 Å². The summed E-state index contributed by atoms with van der Waals surface area (Å²) < 4.78 is 0. The molecule has 5 nitrogen and oxygen atoms in total. The number of hydrogen-bond donors (Lipinski definition) is 2. The van der Waals surface area contributed by atoms with E-state index in [9.17, 15) is 4.79 Å². The maximum absolute atomic E-state index is 12.6. The van der Waals surface area contributed by atoms with E-state index < -0.39 is 0 Å². The van der Waals surface area contributed by atoms with Crippen molar-refractivity contribution in [2.45, 2.75) is 32.7 Å². The Kier molecular flexibility index (Phi) is 6.42. The van der Waals surface area contributed by atoms with E-state index in [1.165, 1.54) is 16.9 Å². The minimum atomic E-state index is -0.0947. The highest BCUT2D eigenvalue weighted by Gasteiger charge is 2.17. The number of aromatic nitrogens is 2. The summed E-state index contributed by atoms with van der Waals surface area (Å²) in [5, 5.41) is 7.37. The molecule has 1 unspecified atom stereocenters. The summed E-state index contributed by atoms with van der Waals surface area (Å²) in [6, 6.07) is 13.9. The van der Waals surface area contributed by atoms with Crippen LogP contribution in [0.4, 0.5) is 10.9 Å². The van der Waals surface area contributed by atoms with Crippen LogP contribution in [0.15, 0.2) is 48.7 Å². The summed E-state index contributed by atoms with van der Waals surface area (Å²) in [6.07, 6.45) is 3.37. The molecule has 0 spiro atoms. The van der Waals surface area contributed by atoms with Gasteiger partial charge in [0.15, 0.2) is 5.13 Å². The Morgan fingerprint density at radius 3 is 2.70 bits per heavy atom. The third-order valence-electron chi connectivity index (χ3n) is 4.05. The van der Waals surface area contributed by atoms with Crippen LogP contribution in [-0.2, 0) is 6.42 Å². The van der Waals surface area contributed by atoms with Crippen molar-refractivity contribution in [3.8, 4) is 0 Å². The Hall–Kier alpha value is -2.44. The zero-order valence-electron chi connectivity index (χ0n) is 15.2. The summed E-state index contributed by atoms with van der Waals surface area (Å²) >= 11 is 7.16. The standard InChI is InChI=1S/C20H21ClN4OS/c1-13(8-9-15-6-4-3-5-7-15)23-19(26)18-14(2)24-20(27-18)25-17-11-10-16(21)12-22-17/h3-7,10-13H,8-9H2,1-2H3,(H,23,26)(H,22,24,25). The van der Waals surface area contributed by atoms with Crippen LogP contribution in [0.2, 0.25) is 5.02 Å². The molecule has 2 heterocycles. The van der Waals surface area contributed by atoms with Crippen LogP contribution in [0.25, 0.3) is 0 Å². The number of halogens is 1. The zero-order valence-corrected chi connectivity index (χ0v) is 16.8. The first-order valence-corrected chi connectivity index (χ1v) is 9.91. The number of aryl methyl sites for hydroxylation is 2. The maximum atomic E-state index is 12.6. The third kappa shape index (κ3) is 5.52. The minimum absolute atomic E-state index is 0.0774. The maximum Gasteiger partial charge on any atom is 0.263 e. The van der Waals surface area contributed by atoms with Crippen molar-refractivity contribution in [2.24, 2.45) is 0 Å². The van der Waals surface area contributed by atoms with Gasteiger partial charge in [-0.15, -0.1) is 0 Å². The average Bonchev–Trinajstić information content (AvgIpc) is 3.03. The first-order valence-electron chi connectivity index (χ1n) is 8.72. The summed E-state index contributed by atoms with van der Waals surface area (Å²) in [5.74, 6) is 0.541. The summed E-state index contributed by atoms with van der Waals surface area (Å²) in [4.78, 5) is 21.8. The van der Waals surface area contributed by atoms with Crippen molar-refractivity contribution >= 4 is 39.8 Å². The van der Waals surface area contributed by atoms with Crippen molar-refractivity contribution < 1.29 is 4.79 Å². The number of anilines is 2. The van der Waals surface area contributed by atoms with Crippen LogP contribution in [0, 0.1) is 6.92 Å². The van der Waals surface area contributed by atoms with E-state index >= 15 is 0 Å². The van der Waals surface area contributed by atoms with Gasteiger partial charge in [0.1, 0.15) is 10.7 Å². The van der Waals surface area contributed by atoms with E-state index in [2.05, 4.69) is 32.7 Å². The summed E-state index contributed by atoms with van der Waals surface area (Å²) in [5.41, 5.74) is 1.97. The average molecular weight is 401 g/mol. The van der Waals surface area contributed by atoms with E-state index in [0.717, 1.165) is 12.8 Å². The molecule has 0 aliphatic carbocycles. The zero-order chi connectivity index (χ0) is 19.2. The lowest BCUT2D eigenvalue weighted by Gasteiger charge is -2.13. The molecule has 1 aromatic carbocycles. The fraction of sp³-hybridized carbons (Fsp3) is 0.250. The van der Waals surface area contributed by atoms with E-state index in [1.807, 2.05) is 32.0 Å². The Bertz CT molecular complexity index is 896. The molecule has 7 heteroatoms. The van der Waals surface area contributed by atoms with Crippen molar-refractivity contribution in [3.05, 3.63) is 69.8 Å². The van der Waals surface area contributed by atoms with Gasteiger partial charge in [0.05, 0.1) is 10.7 Å². The second kappa shape index (κ2) is 8.97. The number of benzene rings is 1. The van der Waals surface area contributed by atoms with Gasteiger partial charge in [-0.25, -0.2) is 9.97 Å². The molecule has 27 heavy (non-hydrogen) atoms. The van der Waals surface area contributed by atoms with Gasteiger partial charge in [-0.3, -0.25) is 4.79 Å². The predicted octanol–water partition coefficient (Wildman–Crippen LogP) is 4.99. The van der Waals surface area contributed by atoms with Crippen LogP contribution in [0.5, 0.6) is 0 Å². The molecule has 0 fully saturated rings. The highest BCUT2D eigenvalue weighted by atomic mass is 35.5. The Morgan fingerprint density at radius 1 is 1.22 bits per heavy atom. The molecule has 0 aliphatic rings. The number of carbonyl (C=O) groups is 1. The number of hydrogen-bond acceptors (Lipinski definition) is 5. The molecule has 2 N–H and O–H groups in total.